The fraction of sp³-hybridized carbons (Fsp3) is 0.211. The van der Waals surface area contributed by atoms with Crippen molar-refractivity contribution in [1.29, 1.82) is 0 Å². The first-order chi connectivity index (χ1) is 11.7. The SMILES string of the molecule is O=C(/C=C/c1ccc2c(c1)OCCO2)NCCc1ccc(F)cc1. The van der Waals surface area contributed by atoms with E-state index in [1.807, 2.05) is 18.2 Å². The molecular weight excluding hydrogens is 309 g/mol. The zero-order valence-electron chi connectivity index (χ0n) is 13.1. The van der Waals surface area contributed by atoms with Gasteiger partial charge in [0.15, 0.2) is 11.5 Å². The maximum Gasteiger partial charge on any atom is 0.244 e. The first-order valence-corrected chi connectivity index (χ1v) is 7.81. The fourth-order valence-corrected chi connectivity index (χ4v) is 2.38. The minimum absolute atomic E-state index is 0.174. The van der Waals surface area contributed by atoms with Gasteiger partial charge in [0, 0.05) is 12.6 Å². The molecule has 2 aromatic rings. The average molecular weight is 327 g/mol. The van der Waals surface area contributed by atoms with Crippen molar-refractivity contribution in [2.45, 2.75) is 6.42 Å². The van der Waals surface area contributed by atoms with Crippen LogP contribution in [0.2, 0.25) is 0 Å². The third-order valence-electron chi connectivity index (χ3n) is 3.62. The molecule has 1 aliphatic heterocycles. The van der Waals surface area contributed by atoms with E-state index in [1.54, 1.807) is 18.2 Å². The average Bonchev–Trinajstić information content (AvgIpc) is 2.61. The Kier molecular flexibility index (Phi) is 5.11. The van der Waals surface area contributed by atoms with Gasteiger partial charge in [0.1, 0.15) is 19.0 Å². The Morgan fingerprint density at radius 3 is 2.62 bits per heavy atom. The van der Waals surface area contributed by atoms with Crippen LogP contribution < -0.4 is 14.8 Å². The number of nitrogens with one attached hydrogen (secondary N) is 1. The van der Waals surface area contributed by atoms with Crippen LogP contribution in [0.4, 0.5) is 4.39 Å². The molecule has 0 radical (unpaired) electrons. The van der Waals surface area contributed by atoms with Crippen molar-refractivity contribution in [2.75, 3.05) is 19.8 Å². The summed E-state index contributed by atoms with van der Waals surface area (Å²) in [4.78, 5) is 11.8. The second-order valence-corrected chi connectivity index (χ2v) is 5.40. The van der Waals surface area contributed by atoms with Crippen LogP contribution in [-0.2, 0) is 11.2 Å². The van der Waals surface area contributed by atoms with Crippen LogP contribution in [0.25, 0.3) is 6.08 Å². The number of fused-ring (bicyclic) bond motifs is 1. The first kappa shape index (κ1) is 16.1. The second-order valence-electron chi connectivity index (χ2n) is 5.40. The van der Waals surface area contributed by atoms with E-state index in [4.69, 9.17) is 9.47 Å². The number of carbonyl (C=O) groups excluding carboxylic acids is 1. The number of rotatable bonds is 5. The molecule has 2 aromatic carbocycles. The molecule has 0 saturated carbocycles. The van der Waals surface area contributed by atoms with Gasteiger partial charge in [-0.1, -0.05) is 18.2 Å². The minimum Gasteiger partial charge on any atom is -0.486 e. The largest absolute Gasteiger partial charge is 0.486 e. The van der Waals surface area contributed by atoms with Crippen LogP contribution in [0.5, 0.6) is 11.5 Å². The van der Waals surface area contributed by atoms with Crippen molar-refractivity contribution < 1.29 is 18.7 Å². The molecule has 1 amide bonds. The van der Waals surface area contributed by atoms with Crippen molar-refractivity contribution in [1.82, 2.24) is 5.32 Å². The lowest BCUT2D eigenvalue weighted by Crippen LogP contribution is -2.23. The van der Waals surface area contributed by atoms with Crippen LogP contribution in [-0.4, -0.2) is 25.7 Å². The van der Waals surface area contributed by atoms with E-state index in [0.717, 1.165) is 16.9 Å². The van der Waals surface area contributed by atoms with Crippen molar-refractivity contribution in [3.8, 4) is 11.5 Å². The molecule has 4 nitrogen and oxygen atoms in total. The number of amides is 1. The Hall–Kier alpha value is -2.82. The molecule has 1 N–H and O–H groups in total. The van der Waals surface area contributed by atoms with Crippen molar-refractivity contribution >= 4 is 12.0 Å². The van der Waals surface area contributed by atoms with Gasteiger partial charge in [-0.3, -0.25) is 4.79 Å². The van der Waals surface area contributed by atoms with Crippen molar-refractivity contribution in [2.24, 2.45) is 0 Å². The lowest BCUT2D eigenvalue weighted by atomic mass is 10.1. The lowest BCUT2D eigenvalue weighted by Gasteiger charge is -2.18. The van der Waals surface area contributed by atoms with E-state index in [0.29, 0.717) is 31.9 Å². The zero-order valence-corrected chi connectivity index (χ0v) is 13.1. The molecule has 0 fully saturated rings. The highest BCUT2D eigenvalue weighted by atomic mass is 19.1. The Labute approximate surface area is 139 Å². The van der Waals surface area contributed by atoms with Crippen molar-refractivity contribution in [3.63, 3.8) is 0 Å². The Balaban J connectivity index is 1.49. The van der Waals surface area contributed by atoms with E-state index in [1.165, 1.54) is 18.2 Å². The molecule has 124 valence electrons. The molecule has 1 heterocycles. The van der Waals surface area contributed by atoms with Gasteiger partial charge in [-0.05, 0) is 47.9 Å². The standard InChI is InChI=1S/C19H18FNO3/c20-16-5-1-14(2-6-16)9-10-21-19(22)8-4-15-3-7-17-18(13-15)24-12-11-23-17/h1-8,13H,9-12H2,(H,21,22)/b8-4+. The summed E-state index contributed by atoms with van der Waals surface area (Å²) in [6.07, 6.45) is 3.87. The van der Waals surface area contributed by atoms with Gasteiger partial charge in [0.05, 0.1) is 0 Å². The fourth-order valence-electron chi connectivity index (χ4n) is 2.38. The molecule has 3 rings (SSSR count). The maximum absolute atomic E-state index is 12.8. The van der Waals surface area contributed by atoms with Gasteiger partial charge in [-0.25, -0.2) is 4.39 Å². The van der Waals surface area contributed by atoms with Crippen LogP contribution in [0.15, 0.2) is 48.5 Å². The summed E-state index contributed by atoms with van der Waals surface area (Å²) < 4.78 is 23.8. The Morgan fingerprint density at radius 1 is 1.08 bits per heavy atom. The van der Waals surface area contributed by atoms with Gasteiger partial charge < -0.3 is 14.8 Å². The Morgan fingerprint density at radius 2 is 1.83 bits per heavy atom. The number of benzene rings is 2. The monoisotopic (exact) mass is 327 g/mol. The smallest absolute Gasteiger partial charge is 0.244 e. The molecule has 24 heavy (non-hydrogen) atoms. The van der Waals surface area contributed by atoms with Crippen LogP contribution in [0.1, 0.15) is 11.1 Å². The molecule has 0 saturated heterocycles. The molecule has 0 aliphatic carbocycles. The predicted molar refractivity (Wildman–Crippen MR) is 89.6 cm³/mol. The summed E-state index contributed by atoms with van der Waals surface area (Å²) in [6.45, 7) is 1.58. The van der Waals surface area contributed by atoms with Gasteiger partial charge in [0.25, 0.3) is 0 Å². The van der Waals surface area contributed by atoms with Crippen molar-refractivity contribution in [3.05, 3.63) is 65.5 Å². The second kappa shape index (κ2) is 7.64. The zero-order chi connectivity index (χ0) is 16.8. The van der Waals surface area contributed by atoms with Crippen LogP contribution >= 0.6 is 0 Å². The maximum atomic E-state index is 12.8. The third kappa shape index (κ3) is 4.35. The van der Waals surface area contributed by atoms with E-state index in [9.17, 15) is 9.18 Å². The van der Waals surface area contributed by atoms with Gasteiger partial charge in [-0.15, -0.1) is 0 Å². The van der Waals surface area contributed by atoms with E-state index in [-0.39, 0.29) is 11.7 Å². The van der Waals surface area contributed by atoms with Crippen LogP contribution in [0, 0.1) is 5.82 Å². The molecular formula is C19H18FNO3. The molecule has 0 unspecified atom stereocenters. The minimum atomic E-state index is -0.259. The predicted octanol–water partition coefficient (Wildman–Crippen LogP) is 2.97. The Bertz CT molecular complexity index is 741. The highest BCUT2D eigenvalue weighted by molar-refractivity contribution is 5.91. The van der Waals surface area contributed by atoms with Gasteiger partial charge in [0.2, 0.25) is 5.91 Å². The van der Waals surface area contributed by atoms with Gasteiger partial charge >= 0.3 is 0 Å². The van der Waals surface area contributed by atoms with E-state index in [2.05, 4.69) is 5.32 Å². The number of halogens is 1. The summed E-state index contributed by atoms with van der Waals surface area (Å²) in [5.41, 5.74) is 1.85. The number of ether oxygens (including phenoxy) is 2. The summed E-state index contributed by atoms with van der Waals surface area (Å²) >= 11 is 0. The molecule has 0 atom stereocenters. The number of hydrogen-bond donors (Lipinski definition) is 1. The van der Waals surface area contributed by atoms with Crippen LogP contribution in [0.3, 0.4) is 0 Å². The summed E-state index contributed by atoms with van der Waals surface area (Å²) in [5, 5.41) is 2.80. The number of carbonyl (C=O) groups is 1. The molecule has 5 heteroatoms. The van der Waals surface area contributed by atoms with E-state index >= 15 is 0 Å². The topological polar surface area (TPSA) is 47.6 Å². The molecule has 0 bridgehead atoms. The molecule has 0 aromatic heterocycles. The van der Waals surface area contributed by atoms with Gasteiger partial charge in [-0.2, -0.15) is 0 Å². The normalized spacial score (nSPS) is 13.0. The third-order valence-corrected chi connectivity index (χ3v) is 3.62. The lowest BCUT2D eigenvalue weighted by molar-refractivity contribution is -0.116. The highest BCUT2D eigenvalue weighted by Gasteiger charge is 2.10. The first-order valence-electron chi connectivity index (χ1n) is 7.81. The summed E-state index contributed by atoms with van der Waals surface area (Å²) in [5.74, 6) is 0.986. The molecule has 0 spiro atoms. The summed E-state index contributed by atoms with van der Waals surface area (Å²) in [7, 11) is 0. The highest BCUT2D eigenvalue weighted by Crippen LogP contribution is 2.31. The quantitative estimate of drug-likeness (QED) is 0.859. The van der Waals surface area contributed by atoms with E-state index < -0.39 is 0 Å². The summed E-state index contributed by atoms with van der Waals surface area (Å²) in [6, 6.07) is 11.8. The number of hydrogen-bond acceptors (Lipinski definition) is 3. The molecule has 1 aliphatic rings.